The number of Topliss-reactive ketones (excluding diaryl/α,β-unsaturated/α-hetero) is 1. The van der Waals surface area contributed by atoms with Crippen LogP contribution in [0.1, 0.15) is 33.6 Å². The molecule has 1 N–H and O–H groups in total. The Morgan fingerprint density at radius 2 is 1.92 bits per heavy atom. The highest BCUT2D eigenvalue weighted by Crippen LogP contribution is 2.21. The molecular weight excluding hydrogens is 362 g/mol. The number of hydrogen-bond donors (Lipinski definition) is 1. The number of benzene rings is 1. The van der Waals surface area contributed by atoms with Crippen LogP contribution in [0.2, 0.25) is 0 Å². The second kappa shape index (κ2) is 8.95. The number of nitro groups is 1. The van der Waals surface area contributed by atoms with E-state index in [9.17, 15) is 19.7 Å². The predicted octanol–water partition coefficient (Wildman–Crippen LogP) is 2.94. The molecule has 1 aliphatic heterocycles. The van der Waals surface area contributed by atoms with Gasteiger partial charge in [0.25, 0.3) is 5.69 Å². The summed E-state index contributed by atoms with van der Waals surface area (Å²) in [6.45, 7) is 6.21. The lowest BCUT2D eigenvalue weighted by molar-refractivity contribution is -0.384. The van der Waals surface area contributed by atoms with E-state index in [1.54, 1.807) is 0 Å². The number of carbonyl (C=O) groups is 2. The highest BCUT2D eigenvalue weighted by Gasteiger charge is 2.33. The summed E-state index contributed by atoms with van der Waals surface area (Å²) in [7, 11) is 0. The molecule has 0 spiro atoms. The van der Waals surface area contributed by atoms with Crippen LogP contribution in [0.3, 0.4) is 0 Å². The number of carbonyl (C=O) groups excluding carboxylic acids is 2. The van der Waals surface area contributed by atoms with E-state index in [1.165, 1.54) is 29.2 Å². The zero-order valence-electron chi connectivity index (χ0n) is 15.1. The summed E-state index contributed by atoms with van der Waals surface area (Å²) in [5.74, 6) is 0.143. The van der Waals surface area contributed by atoms with Crippen LogP contribution in [0.25, 0.3) is 0 Å². The maximum absolute atomic E-state index is 12.5. The number of non-ortho nitro benzene ring substituents is 1. The standard InChI is InChI=1S/C17H23N3O5.ClH/c1-17(2,3)19(11-15(21)14-5-4-10-18-14)16(22)25-13-8-6-12(7-9-13)20(23)24;/h6-9,14,18H,4-5,10-11H2,1-3H3;1H/t14-;/m1./s1. The fourth-order valence-electron chi connectivity index (χ4n) is 2.59. The summed E-state index contributed by atoms with van der Waals surface area (Å²) in [6, 6.07) is 5.01. The lowest BCUT2D eigenvalue weighted by Crippen LogP contribution is -2.51. The van der Waals surface area contributed by atoms with E-state index >= 15 is 0 Å². The van der Waals surface area contributed by atoms with Gasteiger partial charge in [-0.1, -0.05) is 0 Å². The second-order valence-electron chi connectivity index (χ2n) is 6.99. The van der Waals surface area contributed by atoms with Gasteiger partial charge in [0.1, 0.15) is 5.75 Å². The molecule has 2 rings (SSSR count). The molecule has 0 unspecified atom stereocenters. The van der Waals surface area contributed by atoms with Crippen LogP contribution in [0.5, 0.6) is 5.75 Å². The summed E-state index contributed by atoms with van der Waals surface area (Å²) in [5, 5.41) is 13.8. The maximum Gasteiger partial charge on any atom is 0.416 e. The van der Waals surface area contributed by atoms with E-state index in [1.807, 2.05) is 20.8 Å². The zero-order chi connectivity index (χ0) is 18.6. The molecule has 1 aromatic rings. The van der Waals surface area contributed by atoms with Crippen LogP contribution in [0, 0.1) is 10.1 Å². The molecule has 1 heterocycles. The Balaban J connectivity index is 0.00000338. The molecule has 9 heteroatoms. The summed E-state index contributed by atoms with van der Waals surface area (Å²) >= 11 is 0. The highest BCUT2D eigenvalue weighted by molar-refractivity contribution is 5.89. The Morgan fingerprint density at radius 3 is 2.38 bits per heavy atom. The van der Waals surface area contributed by atoms with Crippen LogP contribution >= 0.6 is 12.4 Å². The molecule has 0 radical (unpaired) electrons. The van der Waals surface area contributed by atoms with Gasteiger partial charge in [0.2, 0.25) is 0 Å². The number of ether oxygens (including phenoxy) is 1. The van der Waals surface area contributed by atoms with Crippen LogP contribution in [-0.4, -0.2) is 46.4 Å². The van der Waals surface area contributed by atoms with Crippen molar-refractivity contribution in [1.29, 1.82) is 0 Å². The van der Waals surface area contributed by atoms with E-state index < -0.39 is 16.6 Å². The van der Waals surface area contributed by atoms with Crippen molar-refractivity contribution >= 4 is 30.0 Å². The first-order valence-corrected chi connectivity index (χ1v) is 8.18. The first kappa shape index (κ1) is 21.9. The Labute approximate surface area is 158 Å². The van der Waals surface area contributed by atoms with Gasteiger partial charge in [-0.25, -0.2) is 4.79 Å². The quantitative estimate of drug-likeness (QED) is 0.617. The van der Waals surface area contributed by atoms with Gasteiger partial charge in [-0.05, 0) is 52.3 Å². The van der Waals surface area contributed by atoms with Crippen LogP contribution in [0.4, 0.5) is 10.5 Å². The second-order valence-corrected chi connectivity index (χ2v) is 6.99. The van der Waals surface area contributed by atoms with Crippen molar-refractivity contribution in [3.05, 3.63) is 34.4 Å². The predicted molar refractivity (Wildman–Crippen MR) is 98.9 cm³/mol. The Bertz CT molecular complexity index is 651. The molecule has 1 aromatic carbocycles. The molecular formula is C17H24ClN3O5. The average Bonchev–Trinajstić information content (AvgIpc) is 3.06. The Hall–Kier alpha value is -2.19. The van der Waals surface area contributed by atoms with E-state index in [4.69, 9.17) is 4.74 Å². The molecule has 1 amide bonds. The smallest absolute Gasteiger partial charge is 0.410 e. The average molecular weight is 386 g/mol. The number of hydrogen-bond acceptors (Lipinski definition) is 6. The molecule has 1 fully saturated rings. The maximum atomic E-state index is 12.5. The van der Waals surface area contributed by atoms with Gasteiger partial charge in [0, 0.05) is 17.7 Å². The van der Waals surface area contributed by atoms with Crippen molar-refractivity contribution in [2.24, 2.45) is 0 Å². The first-order chi connectivity index (χ1) is 11.7. The summed E-state index contributed by atoms with van der Waals surface area (Å²) in [6.07, 6.45) is 1.06. The van der Waals surface area contributed by atoms with Crippen LogP contribution in [-0.2, 0) is 4.79 Å². The fourth-order valence-corrected chi connectivity index (χ4v) is 2.59. The van der Waals surface area contributed by atoms with Gasteiger partial charge in [0.15, 0.2) is 5.78 Å². The third-order valence-electron chi connectivity index (χ3n) is 4.05. The molecule has 1 atom stereocenters. The molecule has 1 saturated heterocycles. The third kappa shape index (κ3) is 5.67. The molecule has 1 aliphatic rings. The zero-order valence-corrected chi connectivity index (χ0v) is 15.9. The molecule has 0 aliphatic carbocycles. The topological polar surface area (TPSA) is 102 Å². The number of nitrogens with one attached hydrogen (secondary N) is 1. The van der Waals surface area contributed by atoms with E-state index in [0.29, 0.717) is 0 Å². The molecule has 144 valence electrons. The van der Waals surface area contributed by atoms with Gasteiger partial charge >= 0.3 is 6.09 Å². The van der Waals surface area contributed by atoms with Crippen molar-refractivity contribution in [3.63, 3.8) is 0 Å². The van der Waals surface area contributed by atoms with Crippen LogP contribution < -0.4 is 10.1 Å². The normalized spacial score (nSPS) is 16.5. The third-order valence-corrected chi connectivity index (χ3v) is 4.05. The van der Waals surface area contributed by atoms with Crippen molar-refractivity contribution in [1.82, 2.24) is 10.2 Å². The van der Waals surface area contributed by atoms with Crippen molar-refractivity contribution in [2.75, 3.05) is 13.1 Å². The largest absolute Gasteiger partial charge is 0.416 e. The molecule has 0 bridgehead atoms. The summed E-state index contributed by atoms with van der Waals surface area (Å²) in [5.41, 5.74) is -0.693. The summed E-state index contributed by atoms with van der Waals surface area (Å²) in [4.78, 5) is 36.4. The van der Waals surface area contributed by atoms with Gasteiger partial charge in [0.05, 0.1) is 17.5 Å². The fraction of sp³-hybridized carbons (Fsp3) is 0.529. The minimum absolute atomic E-state index is 0. The number of rotatable bonds is 5. The SMILES string of the molecule is CC(C)(C)N(CC(=O)[C@H]1CCCN1)C(=O)Oc1ccc([N+](=O)[O-])cc1.Cl. The van der Waals surface area contributed by atoms with Crippen molar-refractivity contribution in [3.8, 4) is 5.75 Å². The number of amides is 1. The number of ketones is 1. The minimum Gasteiger partial charge on any atom is -0.410 e. The lowest BCUT2D eigenvalue weighted by atomic mass is 10.0. The van der Waals surface area contributed by atoms with Gasteiger partial charge in [-0.2, -0.15) is 0 Å². The number of nitrogens with zero attached hydrogens (tertiary/aromatic N) is 2. The lowest BCUT2D eigenvalue weighted by Gasteiger charge is -2.34. The molecule has 8 nitrogen and oxygen atoms in total. The molecule has 0 saturated carbocycles. The number of nitro benzene ring substituents is 1. The Morgan fingerprint density at radius 1 is 1.31 bits per heavy atom. The van der Waals surface area contributed by atoms with E-state index in [-0.39, 0.29) is 42.2 Å². The van der Waals surface area contributed by atoms with Gasteiger partial charge in [-0.15, -0.1) is 12.4 Å². The highest BCUT2D eigenvalue weighted by atomic mass is 35.5. The van der Waals surface area contributed by atoms with E-state index in [0.717, 1.165) is 19.4 Å². The van der Waals surface area contributed by atoms with Crippen molar-refractivity contribution in [2.45, 2.75) is 45.2 Å². The minimum atomic E-state index is -0.660. The first-order valence-electron chi connectivity index (χ1n) is 8.18. The number of halogens is 1. The van der Waals surface area contributed by atoms with Gasteiger partial charge < -0.3 is 10.1 Å². The summed E-state index contributed by atoms with van der Waals surface area (Å²) < 4.78 is 5.29. The monoisotopic (exact) mass is 385 g/mol. The molecule has 26 heavy (non-hydrogen) atoms. The van der Waals surface area contributed by atoms with Gasteiger partial charge in [-0.3, -0.25) is 19.8 Å². The van der Waals surface area contributed by atoms with Crippen molar-refractivity contribution < 1.29 is 19.2 Å². The van der Waals surface area contributed by atoms with E-state index in [2.05, 4.69) is 5.32 Å². The molecule has 0 aromatic heterocycles. The van der Waals surface area contributed by atoms with Crippen LogP contribution in [0.15, 0.2) is 24.3 Å². The Kier molecular flexibility index (Phi) is 7.53.